The zero-order valence-corrected chi connectivity index (χ0v) is 21.5. The lowest BCUT2D eigenvalue weighted by molar-refractivity contribution is 0.0494. The van der Waals surface area contributed by atoms with Gasteiger partial charge in [-0.3, -0.25) is 0 Å². The second-order valence-corrected chi connectivity index (χ2v) is 11.6. The molecule has 0 radical (unpaired) electrons. The molecule has 3 fully saturated rings. The summed E-state index contributed by atoms with van der Waals surface area (Å²) in [5, 5.41) is 9.95. The summed E-state index contributed by atoms with van der Waals surface area (Å²) in [7, 11) is -3.73. The molecule has 36 heavy (non-hydrogen) atoms. The first-order valence-corrected chi connectivity index (χ1v) is 14.4. The lowest BCUT2D eigenvalue weighted by Gasteiger charge is -2.29. The van der Waals surface area contributed by atoms with Crippen molar-refractivity contribution in [2.45, 2.75) is 43.2 Å². The zero-order valence-electron chi connectivity index (χ0n) is 20.7. The molecule has 196 valence electrons. The van der Waals surface area contributed by atoms with Crippen molar-refractivity contribution in [3.63, 3.8) is 0 Å². The molecule has 9 heteroatoms. The number of aliphatic hydroxyl groups excluding tert-OH is 1. The summed E-state index contributed by atoms with van der Waals surface area (Å²) in [4.78, 5) is 2.49. The van der Waals surface area contributed by atoms with Crippen LogP contribution in [0.3, 0.4) is 0 Å². The molecule has 3 aliphatic rings. The minimum absolute atomic E-state index is 0.196. The fraction of sp³-hybridized carbons (Fsp3) is 0.556. The van der Waals surface area contributed by atoms with Crippen LogP contribution in [0.25, 0.3) is 0 Å². The van der Waals surface area contributed by atoms with E-state index < -0.39 is 10.0 Å². The van der Waals surface area contributed by atoms with E-state index in [0.717, 1.165) is 76.5 Å². The highest BCUT2D eigenvalue weighted by Gasteiger charge is 2.36. The Balaban J connectivity index is 1.31. The Hall–Kier alpha value is -2.17. The number of aliphatic hydroxyl groups is 1. The van der Waals surface area contributed by atoms with E-state index >= 15 is 0 Å². The number of hydrogen-bond donors (Lipinski definition) is 1. The van der Waals surface area contributed by atoms with Crippen LogP contribution in [0.5, 0.6) is 5.75 Å². The summed E-state index contributed by atoms with van der Waals surface area (Å²) < 4.78 is 45.8. The lowest BCUT2D eigenvalue weighted by Crippen LogP contribution is -2.36. The molecule has 3 aliphatic heterocycles. The largest absolute Gasteiger partial charge is 0.493 e. The monoisotopic (exact) mass is 516 g/mol. The number of ether oxygens (including phenoxy) is 3. The van der Waals surface area contributed by atoms with Crippen molar-refractivity contribution in [2.24, 2.45) is 5.92 Å². The highest BCUT2D eigenvalue weighted by atomic mass is 32.2. The molecule has 1 unspecified atom stereocenters. The number of nitrogens with zero attached hydrogens (tertiary/aromatic N) is 2. The molecule has 0 aliphatic carbocycles. The van der Waals surface area contributed by atoms with Crippen LogP contribution in [0.15, 0.2) is 47.4 Å². The molecule has 0 aromatic heterocycles. The first kappa shape index (κ1) is 25.5. The van der Waals surface area contributed by atoms with Gasteiger partial charge in [0.2, 0.25) is 10.0 Å². The number of rotatable bonds is 8. The number of benzene rings is 2. The molecule has 3 heterocycles. The Morgan fingerprint density at radius 2 is 1.64 bits per heavy atom. The minimum atomic E-state index is -3.73. The average Bonchev–Trinajstić information content (AvgIpc) is 3.44. The Morgan fingerprint density at radius 1 is 0.917 bits per heavy atom. The Bertz CT molecular complexity index is 1110. The first-order valence-electron chi connectivity index (χ1n) is 12.9. The molecule has 0 amide bonds. The Morgan fingerprint density at radius 3 is 2.36 bits per heavy atom. The molecule has 5 rings (SSSR count). The van der Waals surface area contributed by atoms with Crippen molar-refractivity contribution < 1.29 is 27.7 Å². The predicted octanol–water partition coefficient (Wildman–Crippen LogP) is 3.35. The van der Waals surface area contributed by atoms with Crippen LogP contribution in [-0.4, -0.2) is 70.5 Å². The summed E-state index contributed by atoms with van der Waals surface area (Å²) in [5.74, 6) is 0.952. The highest BCUT2D eigenvalue weighted by molar-refractivity contribution is 7.89. The van der Waals surface area contributed by atoms with Crippen LogP contribution in [0.1, 0.15) is 42.9 Å². The number of morpholine rings is 1. The van der Waals surface area contributed by atoms with Crippen molar-refractivity contribution in [3.05, 3.63) is 53.6 Å². The first-order chi connectivity index (χ1) is 17.6. The van der Waals surface area contributed by atoms with Gasteiger partial charge in [0.15, 0.2) is 0 Å². The molecule has 0 bridgehead atoms. The molecule has 2 aromatic rings. The molecule has 1 atom stereocenters. The van der Waals surface area contributed by atoms with Crippen molar-refractivity contribution in [1.82, 2.24) is 4.31 Å². The Labute approximate surface area is 213 Å². The summed E-state index contributed by atoms with van der Waals surface area (Å²) >= 11 is 0. The van der Waals surface area contributed by atoms with E-state index in [9.17, 15) is 13.5 Å². The van der Waals surface area contributed by atoms with Crippen LogP contribution >= 0.6 is 0 Å². The molecule has 0 saturated carbocycles. The minimum Gasteiger partial charge on any atom is -0.493 e. The molecular formula is C27H36N2O6S. The second kappa shape index (κ2) is 11.5. The van der Waals surface area contributed by atoms with E-state index in [1.165, 1.54) is 0 Å². The van der Waals surface area contributed by atoms with Gasteiger partial charge >= 0.3 is 0 Å². The van der Waals surface area contributed by atoms with Crippen molar-refractivity contribution in [2.75, 3.05) is 57.6 Å². The van der Waals surface area contributed by atoms with E-state index in [1.54, 1.807) is 22.5 Å². The van der Waals surface area contributed by atoms with Crippen molar-refractivity contribution in [3.8, 4) is 5.75 Å². The molecule has 0 spiro atoms. The predicted molar refractivity (Wildman–Crippen MR) is 137 cm³/mol. The SMILES string of the molecule is O=S(=O)(c1ccc(OCC2CCOCC2)c(CO)c1)N1CCCC1c1ccc(N2CCOCC2)cc1. The molecule has 2 aromatic carbocycles. The third-order valence-corrected chi connectivity index (χ3v) is 9.39. The molecule has 1 N–H and O–H groups in total. The smallest absolute Gasteiger partial charge is 0.243 e. The summed E-state index contributed by atoms with van der Waals surface area (Å²) in [6.45, 7) is 5.41. The van der Waals surface area contributed by atoms with Crippen LogP contribution in [-0.2, 0) is 26.1 Å². The van der Waals surface area contributed by atoms with Gasteiger partial charge in [-0.25, -0.2) is 8.42 Å². The van der Waals surface area contributed by atoms with Gasteiger partial charge in [-0.1, -0.05) is 12.1 Å². The number of sulfonamides is 1. The Kier molecular flexibility index (Phi) is 8.12. The summed E-state index contributed by atoms with van der Waals surface area (Å²) in [6.07, 6.45) is 3.50. The van der Waals surface area contributed by atoms with Gasteiger partial charge in [0.05, 0.1) is 37.4 Å². The van der Waals surface area contributed by atoms with Crippen LogP contribution in [0.4, 0.5) is 5.69 Å². The van der Waals surface area contributed by atoms with Gasteiger partial charge in [-0.2, -0.15) is 4.31 Å². The normalized spacial score (nSPS) is 22.1. The molecule has 8 nitrogen and oxygen atoms in total. The van der Waals surface area contributed by atoms with E-state index in [-0.39, 0.29) is 17.5 Å². The quantitative estimate of drug-likeness (QED) is 0.576. The van der Waals surface area contributed by atoms with Gasteiger partial charge in [-0.05, 0) is 67.5 Å². The van der Waals surface area contributed by atoms with Gasteiger partial charge in [-0.15, -0.1) is 0 Å². The second-order valence-electron chi connectivity index (χ2n) is 9.76. The van der Waals surface area contributed by atoms with E-state index in [1.807, 2.05) is 0 Å². The molecule has 3 saturated heterocycles. The average molecular weight is 517 g/mol. The third-order valence-electron chi connectivity index (χ3n) is 7.48. The van der Waals surface area contributed by atoms with Crippen molar-refractivity contribution in [1.29, 1.82) is 0 Å². The topological polar surface area (TPSA) is 88.5 Å². The van der Waals surface area contributed by atoms with Crippen LogP contribution in [0, 0.1) is 5.92 Å². The summed E-state index contributed by atoms with van der Waals surface area (Å²) in [5.41, 5.74) is 2.64. The maximum Gasteiger partial charge on any atom is 0.243 e. The number of anilines is 1. The molecular weight excluding hydrogens is 480 g/mol. The van der Waals surface area contributed by atoms with Gasteiger partial charge < -0.3 is 24.2 Å². The van der Waals surface area contributed by atoms with Gasteiger partial charge in [0.25, 0.3) is 0 Å². The standard InChI is InChI=1S/C27H36N2O6S/c30-19-23-18-25(7-8-27(23)35-20-21-9-14-33-15-10-21)36(31,32)29-11-1-2-26(29)22-3-5-24(6-4-22)28-12-16-34-17-13-28/h3-8,18,21,26,30H,1-2,9-17,19-20H2. The zero-order chi connectivity index (χ0) is 25.0. The maximum absolute atomic E-state index is 13.7. The van der Waals surface area contributed by atoms with E-state index in [4.69, 9.17) is 14.2 Å². The maximum atomic E-state index is 13.7. The van der Waals surface area contributed by atoms with Gasteiger partial charge in [0, 0.05) is 44.1 Å². The third kappa shape index (κ3) is 5.55. The summed E-state index contributed by atoms with van der Waals surface area (Å²) in [6, 6.07) is 12.9. The van der Waals surface area contributed by atoms with Gasteiger partial charge in [0.1, 0.15) is 5.75 Å². The fourth-order valence-electron chi connectivity index (χ4n) is 5.33. The van der Waals surface area contributed by atoms with E-state index in [0.29, 0.717) is 30.4 Å². The lowest BCUT2D eigenvalue weighted by atomic mass is 10.0. The number of hydrogen-bond acceptors (Lipinski definition) is 7. The van der Waals surface area contributed by atoms with Crippen molar-refractivity contribution >= 4 is 15.7 Å². The highest BCUT2D eigenvalue weighted by Crippen LogP contribution is 2.38. The van der Waals surface area contributed by atoms with E-state index in [2.05, 4.69) is 29.2 Å². The van der Waals surface area contributed by atoms with Crippen LogP contribution in [0.2, 0.25) is 0 Å². The fourth-order valence-corrected chi connectivity index (χ4v) is 7.06. The van der Waals surface area contributed by atoms with Crippen LogP contribution < -0.4 is 9.64 Å².